The first kappa shape index (κ1) is 15.8. The molecule has 0 fully saturated rings. The predicted octanol–water partition coefficient (Wildman–Crippen LogP) is 2.78. The SMILES string of the molecule is CCCNC(COCC)c1ccc(OC)cc1OC. The van der Waals surface area contributed by atoms with E-state index in [1.807, 2.05) is 25.1 Å². The Balaban J connectivity index is 2.91. The molecular formula is C15H25NO3. The van der Waals surface area contributed by atoms with E-state index in [4.69, 9.17) is 14.2 Å². The van der Waals surface area contributed by atoms with Crippen LogP contribution in [-0.4, -0.2) is 34.0 Å². The number of benzene rings is 1. The Morgan fingerprint density at radius 1 is 1.16 bits per heavy atom. The maximum absolute atomic E-state index is 5.55. The van der Waals surface area contributed by atoms with Crippen molar-refractivity contribution in [3.05, 3.63) is 23.8 Å². The van der Waals surface area contributed by atoms with Crippen molar-refractivity contribution < 1.29 is 14.2 Å². The third-order valence-corrected chi connectivity index (χ3v) is 2.95. The van der Waals surface area contributed by atoms with Gasteiger partial charge < -0.3 is 19.5 Å². The number of rotatable bonds is 9. The van der Waals surface area contributed by atoms with Gasteiger partial charge in [0.05, 0.1) is 26.9 Å². The zero-order valence-corrected chi connectivity index (χ0v) is 12.4. The molecule has 19 heavy (non-hydrogen) atoms. The van der Waals surface area contributed by atoms with E-state index < -0.39 is 0 Å². The number of hydrogen-bond acceptors (Lipinski definition) is 4. The van der Waals surface area contributed by atoms with Gasteiger partial charge in [0.25, 0.3) is 0 Å². The lowest BCUT2D eigenvalue weighted by Crippen LogP contribution is -2.26. The van der Waals surface area contributed by atoms with Crippen LogP contribution in [0.1, 0.15) is 31.9 Å². The standard InChI is InChI=1S/C15H25NO3/c1-5-9-16-14(11-19-6-2)13-8-7-12(17-3)10-15(13)18-4/h7-8,10,14,16H,5-6,9,11H2,1-4H3. The highest BCUT2D eigenvalue weighted by atomic mass is 16.5. The minimum absolute atomic E-state index is 0.140. The molecule has 0 saturated carbocycles. The fourth-order valence-electron chi connectivity index (χ4n) is 1.92. The van der Waals surface area contributed by atoms with E-state index in [0.29, 0.717) is 13.2 Å². The van der Waals surface area contributed by atoms with Crippen molar-refractivity contribution in [2.24, 2.45) is 0 Å². The molecule has 1 N–H and O–H groups in total. The highest BCUT2D eigenvalue weighted by Gasteiger charge is 2.16. The molecule has 1 rings (SSSR count). The van der Waals surface area contributed by atoms with E-state index in [2.05, 4.69) is 12.2 Å². The predicted molar refractivity (Wildman–Crippen MR) is 77.1 cm³/mol. The summed E-state index contributed by atoms with van der Waals surface area (Å²) >= 11 is 0. The van der Waals surface area contributed by atoms with Crippen LogP contribution in [0.15, 0.2) is 18.2 Å². The van der Waals surface area contributed by atoms with Gasteiger partial charge in [0, 0.05) is 18.2 Å². The van der Waals surface area contributed by atoms with Gasteiger partial charge in [0.2, 0.25) is 0 Å². The van der Waals surface area contributed by atoms with Crippen LogP contribution in [0.3, 0.4) is 0 Å². The normalized spacial score (nSPS) is 12.2. The molecule has 4 heteroatoms. The van der Waals surface area contributed by atoms with Gasteiger partial charge in [-0.2, -0.15) is 0 Å². The molecule has 0 bridgehead atoms. The monoisotopic (exact) mass is 267 g/mol. The molecule has 0 aliphatic rings. The summed E-state index contributed by atoms with van der Waals surface area (Å²) in [7, 11) is 3.33. The van der Waals surface area contributed by atoms with Crippen molar-refractivity contribution in [3.63, 3.8) is 0 Å². The fraction of sp³-hybridized carbons (Fsp3) is 0.600. The van der Waals surface area contributed by atoms with Crippen molar-refractivity contribution in [2.45, 2.75) is 26.3 Å². The lowest BCUT2D eigenvalue weighted by molar-refractivity contribution is 0.122. The zero-order chi connectivity index (χ0) is 14.1. The van der Waals surface area contributed by atoms with Gasteiger partial charge in [-0.15, -0.1) is 0 Å². The van der Waals surface area contributed by atoms with Gasteiger partial charge in [-0.25, -0.2) is 0 Å². The van der Waals surface area contributed by atoms with E-state index in [1.54, 1.807) is 14.2 Å². The van der Waals surface area contributed by atoms with Crippen molar-refractivity contribution in [1.29, 1.82) is 0 Å². The Labute approximate surface area is 116 Å². The van der Waals surface area contributed by atoms with Crippen LogP contribution in [-0.2, 0) is 4.74 Å². The molecule has 0 spiro atoms. The molecule has 0 heterocycles. The molecule has 0 aromatic heterocycles. The molecule has 0 radical (unpaired) electrons. The third kappa shape index (κ3) is 4.73. The van der Waals surface area contributed by atoms with Crippen molar-refractivity contribution in [2.75, 3.05) is 34.0 Å². The summed E-state index contributed by atoms with van der Waals surface area (Å²) in [6.07, 6.45) is 1.08. The Morgan fingerprint density at radius 2 is 1.95 bits per heavy atom. The fourth-order valence-corrected chi connectivity index (χ4v) is 1.92. The molecule has 1 atom stereocenters. The molecule has 0 aliphatic carbocycles. The largest absolute Gasteiger partial charge is 0.497 e. The van der Waals surface area contributed by atoms with E-state index in [-0.39, 0.29) is 6.04 Å². The Bertz CT molecular complexity index is 360. The van der Waals surface area contributed by atoms with Crippen LogP contribution in [0.25, 0.3) is 0 Å². The van der Waals surface area contributed by atoms with Gasteiger partial charge in [0.15, 0.2) is 0 Å². The second kappa shape index (κ2) is 8.77. The quantitative estimate of drug-likeness (QED) is 0.747. The number of ether oxygens (including phenoxy) is 3. The summed E-state index contributed by atoms with van der Waals surface area (Å²) in [5.41, 5.74) is 1.10. The summed E-state index contributed by atoms with van der Waals surface area (Å²) in [6, 6.07) is 6.02. The van der Waals surface area contributed by atoms with Gasteiger partial charge in [-0.3, -0.25) is 0 Å². The molecule has 4 nitrogen and oxygen atoms in total. The van der Waals surface area contributed by atoms with Crippen LogP contribution in [0.2, 0.25) is 0 Å². The van der Waals surface area contributed by atoms with Crippen LogP contribution < -0.4 is 14.8 Å². The highest BCUT2D eigenvalue weighted by molar-refractivity contribution is 5.42. The minimum atomic E-state index is 0.140. The first-order valence-corrected chi connectivity index (χ1v) is 6.79. The minimum Gasteiger partial charge on any atom is -0.497 e. The summed E-state index contributed by atoms with van der Waals surface area (Å²) < 4.78 is 16.2. The molecule has 0 saturated heterocycles. The molecule has 0 amide bonds. The molecule has 0 aliphatic heterocycles. The number of methoxy groups -OCH3 is 2. The molecule has 1 aromatic carbocycles. The van der Waals surface area contributed by atoms with Crippen LogP contribution in [0, 0.1) is 0 Å². The van der Waals surface area contributed by atoms with Crippen molar-refractivity contribution in [3.8, 4) is 11.5 Å². The average Bonchev–Trinajstić information content (AvgIpc) is 2.47. The summed E-state index contributed by atoms with van der Waals surface area (Å²) in [4.78, 5) is 0. The first-order valence-electron chi connectivity index (χ1n) is 6.79. The number of nitrogens with one attached hydrogen (secondary N) is 1. The second-order valence-electron chi connectivity index (χ2n) is 4.27. The van der Waals surface area contributed by atoms with E-state index >= 15 is 0 Å². The molecular weight excluding hydrogens is 242 g/mol. The Morgan fingerprint density at radius 3 is 2.53 bits per heavy atom. The maximum Gasteiger partial charge on any atom is 0.127 e. The molecule has 1 aromatic rings. The van der Waals surface area contributed by atoms with Gasteiger partial charge in [0.1, 0.15) is 11.5 Å². The third-order valence-electron chi connectivity index (χ3n) is 2.95. The molecule has 108 valence electrons. The lowest BCUT2D eigenvalue weighted by Gasteiger charge is -2.21. The second-order valence-corrected chi connectivity index (χ2v) is 4.27. The molecule has 1 unspecified atom stereocenters. The van der Waals surface area contributed by atoms with Crippen LogP contribution >= 0.6 is 0 Å². The topological polar surface area (TPSA) is 39.7 Å². The van der Waals surface area contributed by atoms with Crippen molar-refractivity contribution >= 4 is 0 Å². The smallest absolute Gasteiger partial charge is 0.127 e. The van der Waals surface area contributed by atoms with E-state index in [0.717, 1.165) is 30.0 Å². The zero-order valence-electron chi connectivity index (χ0n) is 12.4. The van der Waals surface area contributed by atoms with Gasteiger partial charge in [-0.05, 0) is 32.0 Å². The van der Waals surface area contributed by atoms with Crippen molar-refractivity contribution in [1.82, 2.24) is 5.32 Å². The summed E-state index contributed by atoms with van der Waals surface area (Å²) in [5.74, 6) is 1.62. The van der Waals surface area contributed by atoms with Gasteiger partial charge in [-0.1, -0.05) is 6.92 Å². The average molecular weight is 267 g/mol. The van der Waals surface area contributed by atoms with Crippen LogP contribution in [0.5, 0.6) is 11.5 Å². The van der Waals surface area contributed by atoms with E-state index in [9.17, 15) is 0 Å². The lowest BCUT2D eigenvalue weighted by atomic mass is 10.1. The number of hydrogen-bond donors (Lipinski definition) is 1. The van der Waals surface area contributed by atoms with E-state index in [1.165, 1.54) is 0 Å². The first-order chi connectivity index (χ1) is 9.26. The summed E-state index contributed by atoms with van der Waals surface area (Å²) in [5, 5.41) is 3.49. The Kier molecular flexibility index (Phi) is 7.30. The Hall–Kier alpha value is -1.26. The van der Waals surface area contributed by atoms with Gasteiger partial charge >= 0.3 is 0 Å². The maximum atomic E-state index is 5.55. The van der Waals surface area contributed by atoms with Crippen LogP contribution in [0.4, 0.5) is 0 Å². The highest BCUT2D eigenvalue weighted by Crippen LogP contribution is 2.29. The summed E-state index contributed by atoms with van der Waals surface area (Å²) in [6.45, 7) is 6.45.